The van der Waals surface area contributed by atoms with Gasteiger partial charge in [-0.2, -0.15) is 19.9 Å². The molecule has 258 valence electrons. The van der Waals surface area contributed by atoms with E-state index >= 15 is 0 Å². The Balaban J connectivity index is 1.12. The summed E-state index contributed by atoms with van der Waals surface area (Å²) in [6.07, 6.45) is 15.3. The van der Waals surface area contributed by atoms with E-state index in [0.717, 1.165) is 61.8 Å². The average Bonchev–Trinajstić information content (AvgIpc) is 3.87. The molecule has 5 heterocycles. The number of carbonyl (C=O) groups excluding carboxylic acids is 2. The fourth-order valence-corrected chi connectivity index (χ4v) is 6.71. The van der Waals surface area contributed by atoms with Gasteiger partial charge in [-0.15, -0.1) is 4.98 Å². The number of nitriles is 1. The maximum Gasteiger partial charge on any atom is 0.441 e. The number of hydrogen-bond donors (Lipinski definition) is 3. The van der Waals surface area contributed by atoms with Crippen LogP contribution in [0.4, 0.5) is 22.4 Å². The smallest absolute Gasteiger partial charge is 0.353 e. The summed E-state index contributed by atoms with van der Waals surface area (Å²) in [5.74, 6) is 1.71. The second-order valence-corrected chi connectivity index (χ2v) is 13.1. The van der Waals surface area contributed by atoms with Crippen molar-refractivity contribution in [2.24, 2.45) is 7.05 Å². The molecular formula is C37H44N11O2+. The van der Waals surface area contributed by atoms with Gasteiger partial charge in [-0.1, -0.05) is 43.7 Å². The lowest BCUT2D eigenvalue weighted by atomic mass is 9.97. The first kappa shape index (κ1) is 34.2. The molecule has 0 saturated carbocycles. The highest BCUT2D eigenvalue weighted by atomic mass is 16.2. The second kappa shape index (κ2) is 15.7. The van der Waals surface area contributed by atoms with Gasteiger partial charge in [-0.3, -0.25) is 14.8 Å². The van der Waals surface area contributed by atoms with Crippen LogP contribution in [0.25, 0.3) is 11.1 Å². The molecule has 0 bridgehead atoms. The number of rotatable bonds is 13. The Bertz CT molecular complexity index is 1870. The highest BCUT2D eigenvalue weighted by Crippen LogP contribution is 2.34. The summed E-state index contributed by atoms with van der Waals surface area (Å²) in [5, 5.41) is 23.8. The maximum atomic E-state index is 13.5. The van der Waals surface area contributed by atoms with Crippen LogP contribution in [0.3, 0.4) is 0 Å². The minimum atomic E-state index is -0.252. The van der Waals surface area contributed by atoms with Crippen LogP contribution in [0.1, 0.15) is 69.4 Å². The Morgan fingerprint density at radius 2 is 1.98 bits per heavy atom. The molecule has 50 heavy (non-hydrogen) atoms. The van der Waals surface area contributed by atoms with Crippen LogP contribution in [0.2, 0.25) is 0 Å². The van der Waals surface area contributed by atoms with Crippen molar-refractivity contribution in [2.45, 2.75) is 76.4 Å². The summed E-state index contributed by atoms with van der Waals surface area (Å²) in [4.78, 5) is 41.5. The molecule has 1 spiro atoms. The van der Waals surface area contributed by atoms with Gasteiger partial charge in [0.15, 0.2) is 5.82 Å². The lowest BCUT2D eigenvalue weighted by Crippen LogP contribution is -2.44. The summed E-state index contributed by atoms with van der Waals surface area (Å²) in [6.45, 7) is 3.90. The fourth-order valence-electron chi connectivity index (χ4n) is 6.71. The third kappa shape index (κ3) is 8.31. The molecule has 1 unspecified atom stereocenters. The number of carbonyl (C=O) groups is 2. The van der Waals surface area contributed by atoms with E-state index in [1.54, 1.807) is 27.8 Å². The van der Waals surface area contributed by atoms with Crippen molar-refractivity contribution in [1.29, 1.82) is 5.26 Å². The Morgan fingerprint density at radius 3 is 2.68 bits per heavy atom. The number of aromatic nitrogens is 5. The number of nitrogens with zero attached hydrogens (tertiary/aromatic N) is 8. The minimum absolute atomic E-state index is 0.0861. The monoisotopic (exact) mass is 674 g/mol. The van der Waals surface area contributed by atoms with Crippen molar-refractivity contribution in [2.75, 3.05) is 23.3 Å². The molecule has 3 amide bonds. The quantitative estimate of drug-likeness (QED) is 0.100. The van der Waals surface area contributed by atoms with Crippen LogP contribution < -0.4 is 20.9 Å². The first-order valence-corrected chi connectivity index (χ1v) is 17.3. The third-order valence-corrected chi connectivity index (χ3v) is 9.35. The van der Waals surface area contributed by atoms with E-state index in [1.165, 1.54) is 0 Å². The van der Waals surface area contributed by atoms with Crippen molar-refractivity contribution < 1.29 is 14.2 Å². The summed E-state index contributed by atoms with van der Waals surface area (Å²) < 4.78 is 3.33. The van der Waals surface area contributed by atoms with Crippen LogP contribution in [0.15, 0.2) is 67.3 Å². The lowest BCUT2D eigenvalue weighted by molar-refractivity contribution is -0.334. The topological polar surface area (TPSA) is 157 Å². The molecule has 2 saturated heterocycles. The fraction of sp³-hybridized carbons (Fsp3) is 0.405. The van der Waals surface area contributed by atoms with E-state index in [-0.39, 0.29) is 23.5 Å². The molecule has 2 aliphatic rings. The molecule has 2 aliphatic heterocycles. The van der Waals surface area contributed by atoms with Crippen LogP contribution in [-0.2, 0) is 18.4 Å². The van der Waals surface area contributed by atoms with E-state index < -0.39 is 0 Å². The molecule has 13 heteroatoms. The number of pyridine rings is 1. The maximum absolute atomic E-state index is 13.5. The zero-order valence-corrected chi connectivity index (χ0v) is 28.7. The number of hydrogen-bond acceptors (Lipinski definition) is 9. The first-order chi connectivity index (χ1) is 24.3. The van der Waals surface area contributed by atoms with Crippen molar-refractivity contribution in [3.05, 3.63) is 78.4 Å². The number of aryl methyl sites for hydroxylation is 1. The standard InChI is InChI=1S/C37H43N11O2/c1-3-9-31(43-35-40-23-29(20-38)34(44-35)47-19-17-37(26-47)16-15-33(49)45-37)12-7-8-18-48(36(50)41-21-27-10-5-4-6-11-27)32-14-13-28(22-39-32)30-24-42-46(2)25-30/h4-6,10-11,13-14,18,22-25,31H,3,7-9,12,15-17,19,21,26H2,1-2H3,(H2-,40,41,43,44,45,49,50)/p+1/b48-18-/t31-,37?/m1/s1. The number of unbranched alkanes of at least 4 members (excludes halogenated alkanes) is 1. The zero-order chi connectivity index (χ0) is 34.9. The molecule has 0 radical (unpaired) electrons. The van der Waals surface area contributed by atoms with Gasteiger partial charge in [0.1, 0.15) is 17.8 Å². The van der Waals surface area contributed by atoms with Crippen molar-refractivity contribution >= 4 is 35.7 Å². The Hall–Kier alpha value is -5.64. The zero-order valence-electron chi connectivity index (χ0n) is 28.7. The summed E-state index contributed by atoms with van der Waals surface area (Å²) in [5.41, 5.74) is 3.06. The van der Waals surface area contributed by atoms with Gasteiger partial charge in [0.2, 0.25) is 11.9 Å². The van der Waals surface area contributed by atoms with Crippen LogP contribution in [-0.4, -0.2) is 72.1 Å². The minimum Gasteiger partial charge on any atom is -0.353 e. The Kier molecular flexibility index (Phi) is 10.8. The summed E-state index contributed by atoms with van der Waals surface area (Å²) in [6, 6.07) is 15.7. The van der Waals surface area contributed by atoms with E-state index in [4.69, 9.17) is 4.98 Å². The molecule has 3 N–H and O–H groups in total. The van der Waals surface area contributed by atoms with Gasteiger partial charge in [0, 0.05) is 56.0 Å². The van der Waals surface area contributed by atoms with E-state index in [9.17, 15) is 14.9 Å². The molecule has 0 aliphatic carbocycles. The third-order valence-electron chi connectivity index (χ3n) is 9.35. The number of anilines is 2. The van der Waals surface area contributed by atoms with Gasteiger partial charge in [-0.25, -0.2) is 9.78 Å². The predicted octanol–water partition coefficient (Wildman–Crippen LogP) is 5.08. The molecular weight excluding hydrogens is 630 g/mol. The largest absolute Gasteiger partial charge is 0.441 e. The molecule has 2 fully saturated rings. The molecule has 4 aromatic rings. The molecule has 13 nitrogen and oxygen atoms in total. The highest BCUT2D eigenvalue weighted by Gasteiger charge is 2.44. The van der Waals surface area contributed by atoms with Gasteiger partial charge < -0.3 is 15.5 Å². The van der Waals surface area contributed by atoms with Gasteiger partial charge in [-0.05, 0) is 50.2 Å². The SMILES string of the molecule is CCC[C@H](CCC/C=[N+](\C(=O)NCc1ccccc1)c1ccc(-c2cnn(C)c2)cn1)Nc1ncc(C#N)c(N2CCC3(CCC(=O)N3)C2)n1. The Labute approximate surface area is 292 Å². The second-order valence-electron chi connectivity index (χ2n) is 13.1. The number of nitrogens with one attached hydrogen (secondary N) is 3. The number of amides is 3. The lowest BCUT2D eigenvalue weighted by Gasteiger charge is -2.25. The van der Waals surface area contributed by atoms with Crippen molar-refractivity contribution in [3.8, 4) is 17.2 Å². The van der Waals surface area contributed by atoms with E-state index in [2.05, 4.69) is 48.9 Å². The van der Waals surface area contributed by atoms with Gasteiger partial charge in [0.05, 0.1) is 30.7 Å². The normalized spacial score (nSPS) is 17.8. The summed E-state index contributed by atoms with van der Waals surface area (Å²) >= 11 is 0. The van der Waals surface area contributed by atoms with Crippen LogP contribution >= 0.6 is 0 Å². The van der Waals surface area contributed by atoms with Crippen LogP contribution in [0.5, 0.6) is 0 Å². The predicted molar refractivity (Wildman–Crippen MR) is 191 cm³/mol. The van der Waals surface area contributed by atoms with Gasteiger partial charge in [0.25, 0.3) is 5.82 Å². The Morgan fingerprint density at radius 1 is 1.12 bits per heavy atom. The number of benzene rings is 1. The molecule has 3 aromatic heterocycles. The van der Waals surface area contributed by atoms with E-state index in [0.29, 0.717) is 49.1 Å². The van der Waals surface area contributed by atoms with Crippen molar-refractivity contribution in [3.63, 3.8) is 0 Å². The average molecular weight is 675 g/mol. The van der Waals surface area contributed by atoms with Gasteiger partial charge >= 0.3 is 6.03 Å². The van der Waals surface area contributed by atoms with Crippen molar-refractivity contribution in [1.82, 2.24) is 35.4 Å². The summed E-state index contributed by atoms with van der Waals surface area (Å²) in [7, 11) is 1.87. The highest BCUT2D eigenvalue weighted by molar-refractivity contribution is 5.80. The number of urea groups is 1. The van der Waals surface area contributed by atoms with E-state index in [1.807, 2.05) is 61.9 Å². The van der Waals surface area contributed by atoms with Crippen LogP contribution in [0, 0.1) is 11.3 Å². The first-order valence-electron chi connectivity index (χ1n) is 17.3. The molecule has 6 rings (SSSR count). The molecule has 2 atom stereocenters. The molecule has 1 aromatic carbocycles.